The Balaban J connectivity index is 1.35. The third-order valence-electron chi connectivity index (χ3n) is 9.43. The molecule has 5 aromatic carbocycles. The van der Waals surface area contributed by atoms with Gasteiger partial charge in [0.15, 0.2) is 0 Å². The molecule has 0 N–H and O–H groups in total. The Morgan fingerprint density at radius 1 is 0.519 bits per heavy atom. The van der Waals surface area contributed by atoms with Crippen LogP contribution in [0.2, 0.25) is 0 Å². The molecule has 0 radical (unpaired) electrons. The number of pyridine rings is 1. The summed E-state index contributed by atoms with van der Waals surface area (Å²) >= 11 is 0. The summed E-state index contributed by atoms with van der Waals surface area (Å²) in [6, 6.07) is 48.0. The first-order valence-electron chi connectivity index (χ1n) is 17.8. The minimum Gasteiger partial charge on any atom is -0.311 e. The number of anilines is 4. The third-order valence-corrected chi connectivity index (χ3v) is 9.43. The van der Waals surface area contributed by atoms with Gasteiger partial charge in [0.05, 0.1) is 22.5 Å². The number of imide groups is 1. The Labute approximate surface area is 306 Å². The molecule has 7 rings (SSSR count). The van der Waals surface area contributed by atoms with Crippen molar-refractivity contribution in [1.82, 2.24) is 4.98 Å². The lowest BCUT2D eigenvalue weighted by Gasteiger charge is -2.26. The van der Waals surface area contributed by atoms with Crippen molar-refractivity contribution in [3.8, 4) is 0 Å². The Morgan fingerprint density at radius 2 is 1.00 bits per heavy atom. The molecular formula is C47H41N3O2. The number of carbonyl (C=O) groups excluding carboxylic acids is 2. The molecule has 0 saturated heterocycles. The zero-order valence-electron chi connectivity index (χ0n) is 29.9. The molecule has 0 atom stereocenters. The van der Waals surface area contributed by atoms with Crippen molar-refractivity contribution in [2.45, 2.75) is 39.5 Å². The normalized spacial score (nSPS) is 13.2. The van der Waals surface area contributed by atoms with Crippen LogP contribution >= 0.6 is 0 Å². The van der Waals surface area contributed by atoms with Gasteiger partial charge in [0, 0.05) is 23.3 Å². The minimum absolute atomic E-state index is 0.105. The van der Waals surface area contributed by atoms with Crippen molar-refractivity contribution < 1.29 is 9.59 Å². The summed E-state index contributed by atoms with van der Waals surface area (Å²) in [6.45, 7) is 8.41. The average Bonchev–Trinajstić information content (AvgIpc) is 3.44. The molecule has 1 aliphatic heterocycles. The van der Waals surface area contributed by atoms with Crippen LogP contribution in [-0.2, 0) is 9.59 Å². The lowest BCUT2D eigenvalue weighted by atomic mass is 9.91. The number of hydrogen-bond acceptors (Lipinski definition) is 4. The highest BCUT2D eigenvalue weighted by Crippen LogP contribution is 2.44. The lowest BCUT2D eigenvalue weighted by Crippen LogP contribution is -2.33. The van der Waals surface area contributed by atoms with E-state index in [2.05, 4.69) is 61.8 Å². The Hall–Kier alpha value is -6.33. The van der Waals surface area contributed by atoms with Gasteiger partial charge in [-0.05, 0) is 94.3 Å². The molecule has 1 aliphatic rings. The number of rotatable bonds is 10. The van der Waals surface area contributed by atoms with Crippen LogP contribution in [0.4, 0.5) is 22.7 Å². The maximum atomic E-state index is 14.9. The zero-order chi connectivity index (χ0) is 36.2. The van der Waals surface area contributed by atoms with E-state index in [-0.39, 0.29) is 23.7 Å². The number of amides is 2. The van der Waals surface area contributed by atoms with Crippen molar-refractivity contribution in [1.29, 1.82) is 0 Å². The van der Waals surface area contributed by atoms with Crippen molar-refractivity contribution in [3.63, 3.8) is 0 Å². The van der Waals surface area contributed by atoms with Crippen molar-refractivity contribution in [2.24, 2.45) is 0 Å². The lowest BCUT2D eigenvalue weighted by molar-refractivity contribution is -0.119. The molecule has 5 nitrogen and oxygen atoms in total. The van der Waals surface area contributed by atoms with Crippen LogP contribution < -0.4 is 9.80 Å². The van der Waals surface area contributed by atoms with Crippen LogP contribution in [0.5, 0.6) is 0 Å². The summed E-state index contributed by atoms with van der Waals surface area (Å²) in [5, 5.41) is 0. The van der Waals surface area contributed by atoms with Gasteiger partial charge in [-0.2, -0.15) is 0 Å². The van der Waals surface area contributed by atoms with Crippen LogP contribution in [0, 0.1) is 0 Å². The van der Waals surface area contributed by atoms with Gasteiger partial charge >= 0.3 is 0 Å². The van der Waals surface area contributed by atoms with E-state index < -0.39 is 0 Å². The highest BCUT2D eigenvalue weighted by atomic mass is 16.2. The standard InChI is InChI=1S/C47H41N3O2/c1-32(2)41-19-13-20-42(33(3)4)45(41)50-46(51)43(35-24-21-34(22-25-35)23-28-37-14-11-12-31-48-37)44(47(50)52)36-26-29-40(30-27-36)49(38-15-7-5-8-16-38)39-17-9-6-10-18-39/h5-33H,1-4H3/b28-23+. The highest BCUT2D eigenvalue weighted by molar-refractivity contribution is 6.57. The predicted molar refractivity (Wildman–Crippen MR) is 215 cm³/mol. The second-order valence-electron chi connectivity index (χ2n) is 13.6. The van der Waals surface area contributed by atoms with E-state index in [4.69, 9.17) is 0 Å². The Bertz CT molecular complexity index is 2190. The van der Waals surface area contributed by atoms with E-state index in [0.717, 1.165) is 39.4 Å². The van der Waals surface area contributed by atoms with E-state index in [9.17, 15) is 9.59 Å². The van der Waals surface area contributed by atoms with Gasteiger partial charge in [-0.3, -0.25) is 14.6 Å². The van der Waals surface area contributed by atoms with Crippen LogP contribution in [-0.4, -0.2) is 16.8 Å². The second kappa shape index (κ2) is 14.9. The van der Waals surface area contributed by atoms with Gasteiger partial charge in [-0.15, -0.1) is 0 Å². The maximum Gasteiger partial charge on any atom is 0.266 e. The molecule has 2 amide bonds. The highest BCUT2D eigenvalue weighted by Gasteiger charge is 2.42. The summed E-state index contributed by atoms with van der Waals surface area (Å²) in [6.07, 6.45) is 5.71. The first kappa shape index (κ1) is 34.1. The van der Waals surface area contributed by atoms with Crippen LogP contribution in [0.3, 0.4) is 0 Å². The topological polar surface area (TPSA) is 53.5 Å². The molecule has 0 saturated carbocycles. The van der Waals surface area contributed by atoms with Gasteiger partial charge in [0.2, 0.25) is 0 Å². The fourth-order valence-corrected chi connectivity index (χ4v) is 6.83. The molecule has 0 fully saturated rings. The fraction of sp³-hybridized carbons (Fsp3) is 0.128. The smallest absolute Gasteiger partial charge is 0.266 e. The van der Waals surface area contributed by atoms with E-state index >= 15 is 0 Å². The van der Waals surface area contributed by atoms with Gasteiger partial charge in [0.1, 0.15) is 0 Å². The number of aromatic nitrogens is 1. The van der Waals surface area contributed by atoms with E-state index in [0.29, 0.717) is 28.0 Å². The maximum absolute atomic E-state index is 14.9. The minimum atomic E-state index is -0.315. The summed E-state index contributed by atoms with van der Waals surface area (Å²) in [5.41, 5.74) is 9.60. The summed E-state index contributed by atoms with van der Waals surface area (Å²) in [5.74, 6) is -0.419. The zero-order valence-corrected chi connectivity index (χ0v) is 29.9. The SMILES string of the molecule is CC(C)c1cccc(C(C)C)c1N1C(=O)C(c2ccc(/C=C/c3ccccn3)cc2)=C(c2ccc(N(c3ccccc3)c3ccccc3)cc2)C1=O. The van der Waals surface area contributed by atoms with Crippen LogP contribution in [0.1, 0.15) is 73.0 Å². The Kier molecular flexibility index (Phi) is 9.77. The third kappa shape index (κ3) is 6.73. The van der Waals surface area contributed by atoms with Gasteiger partial charge < -0.3 is 4.90 Å². The molecule has 0 spiro atoms. The quantitative estimate of drug-likeness (QED) is 0.135. The first-order valence-corrected chi connectivity index (χ1v) is 17.8. The number of carbonyl (C=O) groups is 2. The van der Waals surface area contributed by atoms with Crippen molar-refractivity contribution in [2.75, 3.05) is 9.80 Å². The van der Waals surface area contributed by atoms with Crippen LogP contribution in [0.25, 0.3) is 23.3 Å². The molecule has 0 aliphatic carbocycles. The molecule has 2 heterocycles. The molecular weight excluding hydrogens is 639 g/mol. The molecule has 0 unspecified atom stereocenters. The Morgan fingerprint density at radius 3 is 1.48 bits per heavy atom. The van der Waals surface area contributed by atoms with Crippen molar-refractivity contribution >= 4 is 57.9 Å². The van der Waals surface area contributed by atoms with Gasteiger partial charge in [-0.1, -0.05) is 131 Å². The van der Waals surface area contributed by atoms with E-state index in [1.165, 1.54) is 4.90 Å². The molecule has 5 heteroatoms. The van der Waals surface area contributed by atoms with E-state index in [1.54, 1.807) is 6.20 Å². The first-order chi connectivity index (χ1) is 25.3. The number of nitrogens with zero attached hydrogens (tertiary/aromatic N) is 3. The predicted octanol–water partition coefficient (Wildman–Crippen LogP) is 11.5. The largest absolute Gasteiger partial charge is 0.311 e. The molecule has 1 aromatic heterocycles. The molecule has 256 valence electrons. The summed E-state index contributed by atoms with van der Waals surface area (Å²) in [7, 11) is 0. The molecule has 52 heavy (non-hydrogen) atoms. The monoisotopic (exact) mass is 679 g/mol. The summed E-state index contributed by atoms with van der Waals surface area (Å²) in [4.78, 5) is 37.7. The second-order valence-corrected chi connectivity index (χ2v) is 13.6. The van der Waals surface area contributed by atoms with Crippen LogP contribution in [0.15, 0.2) is 152 Å². The number of para-hydroxylation sites is 3. The van der Waals surface area contributed by atoms with Gasteiger partial charge in [0.25, 0.3) is 11.8 Å². The molecule has 0 bridgehead atoms. The van der Waals surface area contributed by atoms with Gasteiger partial charge in [-0.25, -0.2) is 4.90 Å². The summed E-state index contributed by atoms with van der Waals surface area (Å²) < 4.78 is 0. The molecule has 6 aromatic rings. The van der Waals surface area contributed by atoms with E-state index in [1.807, 2.05) is 133 Å². The number of hydrogen-bond donors (Lipinski definition) is 0. The number of benzene rings is 5. The van der Waals surface area contributed by atoms with Crippen molar-refractivity contribution in [3.05, 3.63) is 185 Å². The fourth-order valence-electron chi connectivity index (χ4n) is 6.83. The average molecular weight is 680 g/mol.